The van der Waals surface area contributed by atoms with Crippen molar-refractivity contribution >= 4 is 0 Å². The molecule has 0 bridgehead atoms. The van der Waals surface area contributed by atoms with Gasteiger partial charge >= 0.3 is 12.2 Å². The second-order valence-corrected chi connectivity index (χ2v) is 6.00. The summed E-state index contributed by atoms with van der Waals surface area (Å²) in [6.45, 7) is 0.271. The molecule has 29 heavy (non-hydrogen) atoms. The van der Waals surface area contributed by atoms with Crippen molar-refractivity contribution in [3.05, 3.63) is 64.2 Å². The van der Waals surface area contributed by atoms with Gasteiger partial charge in [-0.05, 0) is 24.1 Å². The van der Waals surface area contributed by atoms with Crippen LogP contribution in [0, 0.1) is 5.82 Å². The van der Waals surface area contributed by atoms with E-state index in [1.165, 1.54) is 36.8 Å². The van der Waals surface area contributed by atoms with Crippen LogP contribution in [-0.4, -0.2) is 37.5 Å². The van der Waals surface area contributed by atoms with Gasteiger partial charge in [0.2, 0.25) is 0 Å². The molecule has 3 aromatic rings. The third-order valence-corrected chi connectivity index (χ3v) is 3.80. The molecule has 0 saturated heterocycles. The van der Waals surface area contributed by atoms with Crippen molar-refractivity contribution in [1.82, 2.24) is 24.7 Å². The molecule has 0 N–H and O–H groups in total. The van der Waals surface area contributed by atoms with Crippen molar-refractivity contribution in [3.63, 3.8) is 0 Å². The molecule has 7 nitrogen and oxygen atoms in total. The molecule has 0 amide bonds. The van der Waals surface area contributed by atoms with Crippen molar-refractivity contribution in [2.24, 2.45) is 0 Å². The van der Waals surface area contributed by atoms with Crippen LogP contribution in [-0.2, 0) is 13.0 Å². The van der Waals surface area contributed by atoms with Gasteiger partial charge in [-0.15, -0.1) is 0 Å². The lowest BCUT2D eigenvalue weighted by molar-refractivity contribution is -0.154. The molecule has 3 heterocycles. The van der Waals surface area contributed by atoms with E-state index < -0.39 is 30.2 Å². The van der Waals surface area contributed by atoms with Crippen LogP contribution in [0.2, 0.25) is 0 Å². The first-order chi connectivity index (χ1) is 13.7. The van der Waals surface area contributed by atoms with Crippen LogP contribution in [0.25, 0.3) is 11.3 Å². The lowest BCUT2D eigenvalue weighted by Crippen LogP contribution is -2.23. The summed E-state index contributed by atoms with van der Waals surface area (Å²) in [5.41, 5.74) is 1.04. The zero-order valence-electron chi connectivity index (χ0n) is 15.1. The quantitative estimate of drug-likeness (QED) is 0.583. The lowest BCUT2D eigenvalue weighted by atomic mass is 10.2. The maximum absolute atomic E-state index is 13.9. The van der Waals surface area contributed by atoms with Gasteiger partial charge in [-0.1, -0.05) is 6.92 Å². The highest BCUT2D eigenvalue weighted by atomic mass is 19.4. The largest absolute Gasteiger partial charge is 0.454 e. The highest BCUT2D eigenvalue weighted by Crippen LogP contribution is 2.18. The molecule has 0 fully saturated rings. The Bertz CT molecular complexity index is 1050. The van der Waals surface area contributed by atoms with Crippen molar-refractivity contribution < 1.29 is 22.3 Å². The Balaban J connectivity index is 1.80. The number of aromatic nitrogens is 5. The summed E-state index contributed by atoms with van der Waals surface area (Å²) in [7, 11) is 0. The normalized spacial score (nSPS) is 11.5. The molecule has 0 atom stereocenters. The fourth-order valence-corrected chi connectivity index (χ4v) is 2.41. The van der Waals surface area contributed by atoms with Gasteiger partial charge in [0.05, 0.1) is 17.9 Å². The van der Waals surface area contributed by atoms with Crippen molar-refractivity contribution in [2.45, 2.75) is 26.1 Å². The number of pyridine rings is 1. The monoisotopic (exact) mass is 409 g/mol. The predicted molar refractivity (Wildman–Crippen MR) is 93.7 cm³/mol. The predicted octanol–water partition coefficient (Wildman–Crippen LogP) is 2.79. The third-order valence-electron chi connectivity index (χ3n) is 3.80. The average molecular weight is 409 g/mol. The summed E-state index contributed by atoms with van der Waals surface area (Å²) in [6, 6.07) is 3.55. The molecule has 0 radical (unpaired) electrons. The second kappa shape index (κ2) is 8.33. The zero-order valence-corrected chi connectivity index (χ0v) is 15.1. The first-order valence-corrected chi connectivity index (χ1v) is 8.48. The van der Waals surface area contributed by atoms with E-state index in [1.54, 1.807) is 6.92 Å². The van der Waals surface area contributed by atoms with Gasteiger partial charge in [-0.2, -0.15) is 18.3 Å². The standard InChI is InChI=1S/C18H15F4N5O2/c1-2-14-13(19)5-11(6-23-14)9-27-16(28)4-3-15(26-27)12-7-24-17(25-8-12)29-10-18(20,21)22/h3-8H,2,9-10H2,1H3. The number of hydrogen-bond donors (Lipinski definition) is 0. The number of nitrogens with zero attached hydrogens (tertiary/aromatic N) is 5. The van der Waals surface area contributed by atoms with E-state index in [0.717, 1.165) is 4.68 Å². The fourth-order valence-electron chi connectivity index (χ4n) is 2.41. The average Bonchev–Trinajstić information content (AvgIpc) is 2.68. The Kier molecular flexibility index (Phi) is 5.85. The first kappa shape index (κ1) is 20.4. The third kappa shape index (κ3) is 5.33. The Morgan fingerprint density at radius 3 is 2.45 bits per heavy atom. The van der Waals surface area contributed by atoms with Crippen LogP contribution in [0.4, 0.5) is 17.6 Å². The van der Waals surface area contributed by atoms with Gasteiger partial charge in [-0.3, -0.25) is 9.78 Å². The molecular weight excluding hydrogens is 394 g/mol. The number of rotatable bonds is 6. The smallest absolute Gasteiger partial charge is 0.422 e. The highest BCUT2D eigenvalue weighted by molar-refractivity contribution is 5.55. The van der Waals surface area contributed by atoms with Crippen LogP contribution in [0.5, 0.6) is 6.01 Å². The molecule has 0 aromatic carbocycles. The summed E-state index contributed by atoms with van der Waals surface area (Å²) in [4.78, 5) is 23.5. The minimum atomic E-state index is -4.50. The van der Waals surface area contributed by atoms with Crippen molar-refractivity contribution in [2.75, 3.05) is 6.61 Å². The summed E-state index contributed by atoms with van der Waals surface area (Å²) >= 11 is 0. The molecule has 0 aliphatic heterocycles. The molecule has 0 unspecified atom stereocenters. The molecule has 3 rings (SSSR count). The molecule has 11 heteroatoms. The van der Waals surface area contributed by atoms with Crippen LogP contribution in [0.3, 0.4) is 0 Å². The summed E-state index contributed by atoms with van der Waals surface area (Å²) in [5.74, 6) is -0.461. The van der Waals surface area contributed by atoms with E-state index >= 15 is 0 Å². The molecule has 0 spiro atoms. The van der Waals surface area contributed by atoms with Gasteiger partial charge in [0, 0.05) is 30.2 Å². The summed E-state index contributed by atoms with van der Waals surface area (Å²) < 4.78 is 56.0. The van der Waals surface area contributed by atoms with Crippen LogP contribution < -0.4 is 10.3 Å². The Hall–Kier alpha value is -3.37. The maximum atomic E-state index is 13.9. The molecule has 152 valence electrons. The van der Waals surface area contributed by atoms with E-state index in [9.17, 15) is 22.4 Å². The topological polar surface area (TPSA) is 82.8 Å². The van der Waals surface area contributed by atoms with Crippen LogP contribution in [0.15, 0.2) is 41.6 Å². The molecule has 3 aromatic heterocycles. The summed E-state index contributed by atoms with van der Waals surface area (Å²) in [6.07, 6.45) is -0.121. The Morgan fingerprint density at radius 2 is 1.83 bits per heavy atom. The maximum Gasteiger partial charge on any atom is 0.422 e. The van der Waals surface area contributed by atoms with E-state index in [4.69, 9.17) is 0 Å². The van der Waals surface area contributed by atoms with Gasteiger partial charge in [0.15, 0.2) is 6.61 Å². The Morgan fingerprint density at radius 1 is 1.10 bits per heavy atom. The molecule has 0 aliphatic rings. The van der Waals surface area contributed by atoms with Crippen molar-refractivity contribution in [1.29, 1.82) is 0 Å². The van der Waals surface area contributed by atoms with Gasteiger partial charge in [-0.25, -0.2) is 19.0 Å². The second-order valence-electron chi connectivity index (χ2n) is 6.00. The molecule has 0 aliphatic carbocycles. The van der Waals surface area contributed by atoms with E-state index in [0.29, 0.717) is 28.9 Å². The fraction of sp³-hybridized carbons (Fsp3) is 0.278. The van der Waals surface area contributed by atoms with E-state index in [-0.39, 0.29) is 6.54 Å². The number of alkyl halides is 3. The molecular formula is C18H15F4N5O2. The molecule has 0 saturated carbocycles. The van der Waals surface area contributed by atoms with Crippen LogP contribution in [0.1, 0.15) is 18.2 Å². The summed E-state index contributed by atoms with van der Waals surface area (Å²) in [5, 5.41) is 4.18. The number of ether oxygens (including phenoxy) is 1. The zero-order chi connectivity index (χ0) is 21.0. The van der Waals surface area contributed by atoms with Gasteiger partial charge in [0.1, 0.15) is 5.82 Å². The SMILES string of the molecule is CCc1ncc(Cn2nc(-c3cnc(OCC(F)(F)F)nc3)ccc2=O)cc1F. The number of aryl methyl sites for hydroxylation is 1. The Labute approximate surface area is 162 Å². The van der Waals surface area contributed by atoms with Gasteiger partial charge < -0.3 is 4.74 Å². The number of halogens is 4. The highest BCUT2D eigenvalue weighted by Gasteiger charge is 2.28. The minimum Gasteiger partial charge on any atom is -0.454 e. The minimum absolute atomic E-state index is 0.00573. The van der Waals surface area contributed by atoms with Gasteiger partial charge in [0.25, 0.3) is 5.56 Å². The lowest BCUT2D eigenvalue weighted by Gasteiger charge is -2.09. The van der Waals surface area contributed by atoms with E-state index in [1.807, 2.05) is 0 Å². The van der Waals surface area contributed by atoms with E-state index in [2.05, 4.69) is 24.8 Å². The first-order valence-electron chi connectivity index (χ1n) is 8.48. The van der Waals surface area contributed by atoms with Crippen molar-refractivity contribution in [3.8, 4) is 17.3 Å². The van der Waals surface area contributed by atoms with Crippen LogP contribution >= 0.6 is 0 Å². The number of hydrogen-bond acceptors (Lipinski definition) is 6.